The second kappa shape index (κ2) is 6.81. The maximum Gasteiger partial charge on any atom is 0.254 e. The monoisotopic (exact) mass is 426 g/mol. The Morgan fingerprint density at radius 1 is 1.12 bits per heavy atom. The number of hydrogen-bond acceptors (Lipinski definition) is 7. The van der Waals surface area contributed by atoms with E-state index >= 15 is 0 Å². The molecule has 9 heteroatoms. The average Bonchev–Trinajstić information content (AvgIpc) is 3.50. The number of carbonyl (C=O) groups is 1. The van der Waals surface area contributed by atoms with Gasteiger partial charge in [-0.25, -0.2) is 9.97 Å². The first-order valence-corrected chi connectivity index (χ1v) is 10.8. The zero-order valence-corrected chi connectivity index (χ0v) is 17.9. The van der Waals surface area contributed by atoms with E-state index < -0.39 is 5.54 Å². The summed E-state index contributed by atoms with van der Waals surface area (Å²) in [5.41, 5.74) is 1.99. The topological polar surface area (TPSA) is 92.9 Å². The number of benzene rings is 1. The summed E-state index contributed by atoms with van der Waals surface area (Å²) in [5.74, 6) is 1.97. The minimum absolute atomic E-state index is 0.117. The van der Waals surface area contributed by atoms with E-state index in [2.05, 4.69) is 31.9 Å². The fraction of sp³-hybridized carbons (Fsp3) is 0.304. The molecule has 2 aliphatic heterocycles. The van der Waals surface area contributed by atoms with Crippen molar-refractivity contribution in [2.45, 2.75) is 31.7 Å². The van der Waals surface area contributed by atoms with Gasteiger partial charge in [-0.15, -0.1) is 0 Å². The molecule has 160 valence electrons. The van der Waals surface area contributed by atoms with Crippen LogP contribution in [0.15, 0.2) is 49.1 Å². The lowest BCUT2D eigenvalue weighted by Crippen LogP contribution is -2.59. The summed E-state index contributed by atoms with van der Waals surface area (Å²) < 4.78 is 1.65. The SMILES string of the molecule is CC[C@@]12CCCN1c1nc(-n3ncnc3-c3cccc4ncccc34)ncc1N(C)C2=O. The van der Waals surface area contributed by atoms with Gasteiger partial charge in [0.1, 0.15) is 17.6 Å². The number of nitrogens with zero attached hydrogens (tertiary/aromatic N) is 8. The number of pyridine rings is 1. The van der Waals surface area contributed by atoms with Gasteiger partial charge in [0, 0.05) is 30.7 Å². The molecule has 0 bridgehead atoms. The van der Waals surface area contributed by atoms with Crippen molar-refractivity contribution in [3.8, 4) is 17.3 Å². The van der Waals surface area contributed by atoms with Gasteiger partial charge in [0.2, 0.25) is 0 Å². The van der Waals surface area contributed by atoms with Crippen molar-refractivity contribution < 1.29 is 4.79 Å². The molecule has 0 spiro atoms. The lowest BCUT2D eigenvalue weighted by Gasteiger charge is -2.45. The van der Waals surface area contributed by atoms with Crippen LogP contribution in [0, 0.1) is 0 Å². The summed E-state index contributed by atoms with van der Waals surface area (Å²) in [6.45, 7) is 2.87. The molecule has 1 atom stereocenters. The van der Waals surface area contributed by atoms with Gasteiger partial charge in [0.05, 0.1) is 11.7 Å². The number of aromatic nitrogens is 6. The van der Waals surface area contributed by atoms with Gasteiger partial charge >= 0.3 is 0 Å². The Labute approximate surface area is 184 Å². The van der Waals surface area contributed by atoms with Crippen LogP contribution >= 0.6 is 0 Å². The Morgan fingerprint density at radius 2 is 2.03 bits per heavy atom. The molecule has 1 fully saturated rings. The molecule has 1 aromatic carbocycles. The maximum absolute atomic E-state index is 13.2. The number of carbonyl (C=O) groups excluding carboxylic acids is 1. The van der Waals surface area contributed by atoms with Crippen LogP contribution in [0.2, 0.25) is 0 Å². The van der Waals surface area contributed by atoms with E-state index in [1.165, 1.54) is 6.33 Å². The van der Waals surface area contributed by atoms with Crippen LogP contribution in [0.3, 0.4) is 0 Å². The highest BCUT2D eigenvalue weighted by atomic mass is 16.2. The van der Waals surface area contributed by atoms with E-state index in [-0.39, 0.29) is 5.91 Å². The molecular formula is C23H22N8O. The van der Waals surface area contributed by atoms with Gasteiger partial charge in [0.25, 0.3) is 11.9 Å². The van der Waals surface area contributed by atoms with E-state index in [1.54, 1.807) is 29.0 Å². The summed E-state index contributed by atoms with van der Waals surface area (Å²) in [6, 6.07) is 9.85. The molecule has 0 radical (unpaired) electrons. The minimum atomic E-state index is -0.528. The van der Waals surface area contributed by atoms with Gasteiger partial charge in [-0.1, -0.05) is 25.1 Å². The first kappa shape index (κ1) is 18.9. The van der Waals surface area contributed by atoms with Gasteiger partial charge in [0.15, 0.2) is 11.6 Å². The highest BCUT2D eigenvalue weighted by Crippen LogP contribution is 2.45. The molecule has 3 aromatic heterocycles. The molecule has 9 nitrogen and oxygen atoms in total. The van der Waals surface area contributed by atoms with Gasteiger partial charge in [-0.05, 0) is 31.4 Å². The third-order valence-corrected chi connectivity index (χ3v) is 6.75. The number of hydrogen-bond donors (Lipinski definition) is 0. The Bertz CT molecular complexity index is 1360. The van der Waals surface area contributed by atoms with Crippen molar-refractivity contribution in [2.24, 2.45) is 0 Å². The van der Waals surface area contributed by atoms with Gasteiger partial charge < -0.3 is 9.80 Å². The van der Waals surface area contributed by atoms with E-state index in [4.69, 9.17) is 4.98 Å². The van der Waals surface area contributed by atoms with Crippen LogP contribution in [0.5, 0.6) is 0 Å². The van der Waals surface area contributed by atoms with E-state index in [0.717, 1.165) is 53.8 Å². The highest BCUT2D eigenvalue weighted by Gasteiger charge is 2.52. The van der Waals surface area contributed by atoms with Crippen molar-refractivity contribution in [3.05, 3.63) is 49.1 Å². The Balaban J connectivity index is 1.51. The molecule has 0 aliphatic carbocycles. The van der Waals surface area contributed by atoms with Crippen molar-refractivity contribution in [1.29, 1.82) is 0 Å². The Morgan fingerprint density at radius 3 is 2.91 bits per heavy atom. The summed E-state index contributed by atoms with van der Waals surface area (Å²) >= 11 is 0. The summed E-state index contributed by atoms with van der Waals surface area (Å²) in [7, 11) is 1.81. The van der Waals surface area contributed by atoms with Crippen LogP contribution in [0.25, 0.3) is 28.2 Å². The van der Waals surface area contributed by atoms with Crippen molar-refractivity contribution in [3.63, 3.8) is 0 Å². The molecule has 2 aliphatic rings. The molecule has 4 aromatic rings. The molecule has 0 unspecified atom stereocenters. The number of anilines is 2. The molecule has 0 N–H and O–H groups in total. The minimum Gasteiger partial charge on any atom is -0.340 e. The molecular weight excluding hydrogens is 404 g/mol. The van der Waals surface area contributed by atoms with Crippen molar-refractivity contribution in [2.75, 3.05) is 23.4 Å². The zero-order chi connectivity index (χ0) is 21.9. The van der Waals surface area contributed by atoms with Crippen LogP contribution in [-0.4, -0.2) is 54.8 Å². The number of fused-ring (bicyclic) bond motifs is 4. The summed E-state index contributed by atoms with van der Waals surface area (Å²) in [5, 5.41) is 5.42. The standard InChI is InChI=1S/C23H22N8O/c1-3-23-10-6-12-30(23)20-18(29(2)21(23)32)13-25-22(28-20)31-19(26-14-27-31)16-7-4-9-17-15(16)8-5-11-24-17/h4-5,7-9,11,13-14H,3,6,10,12H2,1-2H3/t23-/m0/s1. The quantitative estimate of drug-likeness (QED) is 0.497. The Kier molecular flexibility index (Phi) is 4.01. The predicted molar refractivity (Wildman–Crippen MR) is 121 cm³/mol. The summed E-state index contributed by atoms with van der Waals surface area (Å²) in [6.07, 6.45) is 7.54. The second-order valence-corrected chi connectivity index (χ2v) is 8.25. The van der Waals surface area contributed by atoms with E-state index in [1.807, 2.05) is 30.3 Å². The third-order valence-electron chi connectivity index (χ3n) is 6.75. The third kappa shape index (κ3) is 2.44. The lowest BCUT2D eigenvalue weighted by atomic mass is 9.89. The molecule has 1 saturated heterocycles. The predicted octanol–water partition coefficient (Wildman–Crippen LogP) is 3.00. The lowest BCUT2D eigenvalue weighted by molar-refractivity contribution is -0.123. The zero-order valence-electron chi connectivity index (χ0n) is 17.9. The second-order valence-electron chi connectivity index (χ2n) is 8.25. The normalized spacial score (nSPS) is 20.0. The van der Waals surface area contributed by atoms with E-state index in [0.29, 0.717) is 11.8 Å². The Hall–Kier alpha value is -3.88. The largest absolute Gasteiger partial charge is 0.340 e. The molecule has 32 heavy (non-hydrogen) atoms. The van der Waals surface area contributed by atoms with E-state index in [9.17, 15) is 4.79 Å². The molecule has 5 heterocycles. The molecule has 1 amide bonds. The van der Waals surface area contributed by atoms with Crippen molar-refractivity contribution >= 4 is 28.3 Å². The fourth-order valence-electron chi connectivity index (χ4n) is 5.11. The maximum atomic E-state index is 13.2. The highest BCUT2D eigenvalue weighted by molar-refractivity contribution is 6.07. The number of amides is 1. The fourth-order valence-corrected chi connectivity index (χ4v) is 5.11. The first-order chi connectivity index (χ1) is 15.6. The first-order valence-electron chi connectivity index (χ1n) is 10.8. The molecule has 0 saturated carbocycles. The van der Waals surface area contributed by atoms with Gasteiger partial charge in [-0.3, -0.25) is 9.78 Å². The van der Waals surface area contributed by atoms with Crippen LogP contribution < -0.4 is 9.80 Å². The average molecular weight is 426 g/mol. The number of likely N-dealkylation sites (N-methyl/N-ethyl adjacent to an activating group) is 1. The van der Waals surface area contributed by atoms with Crippen LogP contribution in [0.1, 0.15) is 26.2 Å². The van der Waals surface area contributed by atoms with Gasteiger partial charge in [-0.2, -0.15) is 14.8 Å². The number of rotatable bonds is 3. The smallest absolute Gasteiger partial charge is 0.254 e. The van der Waals surface area contributed by atoms with Crippen LogP contribution in [0.4, 0.5) is 11.5 Å². The van der Waals surface area contributed by atoms with Crippen LogP contribution in [-0.2, 0) is 4.79 Å². The van der Waals surface area contributed by atoms with Crippen molar-refractivity contribution in [1.82, 2.24) is 29.7 Å². The summed E-state index contributed by atoms with van der Waals surface area (Å²) in [4.78, 5) is 35.5. The molecule has 6 rings (SSSR count).